The second-order valence-electron chi connectivity index (χ2n) is 5.33. The largest absolute Gasteiger partial charge is 0.458 e. The van der Waals surface area contributed by atoms with E-state index in [2.05, 4.69) is 26.1 Å². The van der Waals surface area contributed by atoms with E-state index in [1.165, 1.54) is 0 Å². The summed E-state index contributed by atoms with van der Waals surface area (Å²) in [5, 5.41) is 14.3. The topological polar surface area (TPSA) is 45.4 Å². The van der Waals surface area contributed by atoms with Crippen molar-refractivity contribution in [2.24, 2.45) is 0 Å². The number of fused-ring (bicyclic) bond motifs is 1. The summed E-state index contributed by atoms with van der Waals surface area (Å²) in [7, 11) is 0. The number of nitrogens with one attached hydrogen (secondary N) is 1. The Hall–Kier alpha value is -1.32. The summed E-state index contributed by atoms with van der Waals surface area (Å²) < 4.78 is 5.61. The quantitative estimate of drug-likeness (QED) is 0.856. The van der Waals surface area contributed by atoms with Gasteiger partial charge < -0.3 is 14.8 Å². The molecule has 0 aliphatic carbocycles. The first-order chi connectivity index (χ1) is 7.96. The summed E-state index contributed by atoms with van der Waals surface area (Å²) in [4.78, 5) is 0. The number of furan rings is 1. The highest BCUT2D eigenvalue weighted by molar-refractivity contribution is 5.77. The van der Waals surface area contributed by atoms with Gasteiger partial charge >= 0.3 is 0 Å². The van der Waals surface area contributed by atoms with Crippen molar-refractivity contribution in [3.05, 3.63) is 36.1 Å². The molecular weight excluding hydrogens is 214 g/mol. The van der Waals surface area contributed by atoms with Crippen molar-refractivity contribution in [1.82, 2.24) is 5.32 Å². The van der Waals surface area contributed by atoms with Gasteiger partial charge in [-0.15, -0.1) is 0 Å². The first-order valence-corrected chi connectivity index (χ1v) is 5.87. The third-order valence-electron chi connectivity index (χ3n) is 2.60. The lowest BCUT2D eigenvalue weighted by Gasteiger charge is -2.22. The second kappa shape index (κ2) is 4.51. The van der Waals surface area contributed by atoms with Crippen molar-refractivity contribution in [2.75, 3.05) is 6.54 Å². The first kappa shape index (κ1) is 12.1. The Kier molecular flexibility index (Phi) is 3.22. The van der Waals surface area contributed by atoms with E-state index in [0.29, 0.717) is 12.3 Å². The summed E-state index contributed by atoms with van der Waals surface area (Å²) in [5.74, 6) is 0.614. The van der Waals surface area contributed by atoms with Crippen LogP contribution in [0.15, 0.2) is 34.7 Å². The highest BCUT2D eigenvalue weighted by Gasteiger charge is 2.16. The predicted molar refractivity (Wildman–Crippen MR) is 68.9 cm³/mol. The van der Waals surface area contributed by atoms with Crippen LogP contribution in [0.5, 0.6) is 0 Å². The summed E-state index contributed by atoms with van der Waals surface area (Å²) in [6.45, 7) is 6.69. The molecule has 3 heteroatoms. The Labute approximate surface area is 101 Å². The van der Waals surface area contributed by atoms with Gasteiger partial charge in [-0.1, -0.05) is 18.2 Å². The minimum atomic E-state index is -0.610. The molecule has 0 amide bonds. The lowest BCUT2D eigenvalue weighted by Crippen LogP contribution is -2.38. The molecule has 0 bridgehead atoms. The fourth-order valence-electron chi connectivity index (χ4n) is 1.67. The van der Waals surface area contributed by atoms with E-state index in [1.807, 2.05) is 30.3 Å². The van der Waals surface area contributed by atoms with E-state index >= 15 is 0 Å². The van der Waals surface area contributed by atoms with Crippen LogP contribution in [-0.2, 0) is 0 Å². The molecule has 0 radical (unpaired) electrons. The van der Waals surface area contributed by atoms with Crippen molar-refractivity contribution in [1.29, 1.82) is 0 Å². The van der Waals surface area contributed by atoms with E-state index in [-0.39, 0.29) is 5.54 Å². The Balaban J connectivity index is 2.11. The number of hydrogen-bond acceptors (Lipinski definition) is 3. The van der Waals surface area contributed by atoms with E-state index in [0.717, 1.165) is 11.0 Å². The zero-order valence-electron chi connectivity index (χ0n) is 10.5. The molecule has 1 unspecified atom stereocenters. The summed E-state index contributed by atoms with van der Waals surface area (Å²) in [5.41, 5.74) is 0.810. The fourth-order valence-corrected chi connectivity index (χ4v) is 1.67. The van der Waals surface area contributed by atoms with Gasteiger partial charge in [0.05, 0.1) is 0 Å². The zero-order valence-corrected chi connectivity index (χ0v) is 10.5. The Morgan fingerprint density at radius 3 is 2.65 bits per heavy atom. The molecule has 2 rings (SSSR count). The number of benzene rings is 1. The monoisotopic (exact) mass is 233 g/mol. The standard InChI is InChI=1S/C14H19NO2/c1-14(2,3)15-9-11(16)13-8-10-6-4-5-7-12(10)17-13/h4-8,11,15-16H,9H2,1-3H3. The molecule has 1 aromatic carbocycles. The molecule has 0 aliphatic rings. The maximum absolute atomic E-state index is 10.0. The molecule has 0 spiro atoms. The number of aliphatic hydroxyl groups excluding tert-OH is 1. The van der Waals surface area contributed by atoms with Crippen LogP contribution in [0.1, 0.15) is 32.6 Å². The number of aliphatic hydroxyl groups is 1. The van der Waals surface area contributed by atoms with Gasteiger partial charge in [-0.05, 0) is 32.9 Å². The summed E-state index contributed by atoms with van der Waals surface area (Å²) in [6, 6.07) is 9.66. The van der Waals surface area contributed by atoms with Crippen LogP contribution in [0.4, 0.5) is 0 Å². The molecule has 3 nitrogen and oxygen atoms in total. The van der Waals surface area contributed by atoms with Crippen LogP contribution >= 0.6 is 0 Å². The number of hydrogen-bond donors (Lipinski definition) is 2. The average molecular weight is 233 g/mol. The van der Waals surface area contributed by atoms with Gasteiger partial charge in [-0.2, -0.15) is 0 Å². The molecule has 2 aromatic rings. The fraction of sp³-hybridized carbons (Fsp3) is 0.429. The maximum Gasteiger partial charge on any atom is 0.135 e. The van der Waals surface area contributed by atoms with Gasteiger partial charge in [-0.3, -0.25) is 0 Å². The smallest absolute Gasteiger partial charge is 0.135 e. The van der Waals surface area contributed by atoms with Crippen LogP contribution in [0.2, 0.25) is 0 Å². The number of rotatable bonds is 3. The van der Waals surface area contributed by atoms with E-state index in [9.17, 15) is 5.11 Å². The predicted octanol–water partition coefficient (Wildman–Crippen LogP) is 2.85. The van der Waals surface area contributed by atoms with Crippen LogP contribution in [-0.4, -0.2) is 17.2 Å². The molecule has 1 aromatic heterocycles. The van der Waals surface area contributed by atoms with Gasteiger partial charge in [0.25, 0.3) is 0 Å². The third kappa shape index (κ3) is 3.08. The molecule has 2 N–H and O–H groups in total. The number of β-amino-alcohol motifs (C(OH)–C–C–N with tert-alkyl or cyclic N) is 1. The van der Waals surface area contributed by atoms with Gasteiger partial charge in [0.15, 0.2) is 0 Å². The van der Waals surface area contributed by atoms with Crippen LogP contribution in [0.3, 0.4) is 0 Å². The minimum Gasteiger partial charge on any atom is -0.458 e. The van der Waals surface area contributed by atoms with Crippen molar-refractivity contribution in [2.45, 2.75) is 32.4 Å². The lowest BCUT2D eigenvalue weighted by atomic mass is 10.1. The molecule has 1 heterocycles. The third-order valence-corrected chi connectivity index (χ3v) is 2.60. The lowest BCUT2D eigenvalue weighted by molar-refractivity contribution is 0.140. The van der Waals surface area contributed by atoms with Crippen molar-refractivity contribution < 1.29 is 9.52 Å². The van der Waals surface area contributed by atoms with Crippen LogP contribution in [0.25, 0.3) is 11.0 Å². The SMILES string of the molecule is CC(C)(C)NCC(O)c1cc2ccccc2o1. The Morgan fingerprint density at radius 2 is 2.00 bits per heavy atom. The Morgan fingerprint density at radius 1 is 1.29 bits per heavy atom. The molecular formula is C14H19NO2. The van der Waals surface area contributed by atoms with Gasteiger partial charge in [-0.25, -0.2) is 0 Å². The van der Waals surface area contributed by atoms with Crippen molar-refractivity contribution in [3.63, 3.8) is 0 Å². The molecule has 92 valence electrons. The van der Waals surface area contributed by atoms with Crippen molar-refractivity contribution >= 4 is 11.0 Å². The summed E-state index contributed by atoms with van der Waals surface area (Å²) >= 11 is 0. The van der Waals surface area contributed by atoms with Gasteiger partial charge in [0.2, 0.25) is 0 Å². The second-order valence-corrected chi connectivity index (χ2v) is 5.33. The first-order valence-electron chi connectivity index (χ1n) is 5.87. The highest BCUT2D eigenvalue weighted by Crippen LogP contribution is 2.23. The normalized spacial score (nSPS) is 14.1. The van der Waals surface area contributed by atoms with E-state index in [1.54, 1.807) is 0 Å². The minimum absolute atomic E-state index is 0.00695. The molecule has 0 saturated carbocycles. The Bertz CT molecular complexity index is 463. The van der Waals surface area contributed by atoms with Gasteiger partial charge in [0, 0.05) is 17.5 Å². The average Bonchev–Trinajstić information content (AvgIpc) is 2.68. The number of para-hydroxylation sites is 1. The zero-order chi connectivity index (χ0) is 12.5. The van der Waals surface area contributed by atoms with E-state index in [4.69, 9.17) is 4.42 Å². The molecule has 0 saturated heterocycles. The van der Waals surface area contributed by atoms with Crippen LogP contribution < -0.4 is 5.32 Å². The van der Waals surface area contributed by atoms with Gasteiger partial charge in [0.1, 0.15) is 17.4 Å². The molecule has 0 aliphatic heterocycles. The molecule has 1 atom stereocenters. The highest BCUT2D eigenvalue weighted by atomic mass is 16.4. The van der Waals surface area contributed by atoms with Crippen LogP contribution in [0, 0.1) is 0 Å². The molecule has 0 fully saturated rings. The van der Waals surface area contributed by atoms with E-state index < -0.39 is 6.10 Å². The van der Waals surface area contributed by atoms with Crippen molar-refractivity contribution in [3.8, 4) is 0 Å². The summed E-state index contributed by atoms with van der Waals surface area (Å²) in [6.07, 6.45) is -0.610. The molecule has 17 heavy (non-hydrogen) atoms. The maximum atomic E-state index is 10.0.